The summed E-state index contributed by atoms with van der Waals surface area (Å²) >= 11 is 3.31. The van der Waals surface area contributed by atoms with E-state index >= 15 is 0 Å². The van der Waals surface area contributed by atoms with Crippen molar-refractivity contribution in [2.45, 2.75) is 24.6 Å². The molecule has 1 unspecified atom stereocenters. The molecule has 7 heavy (non-hydrogen) atoms. The van der Waals surface area contributed by atoms with Crippen molar-refractivity contribution in [2.24, 2.45) is 0 Å². The Labute approximate surface area is 52.2 Å². The second-order valence-corrected chi connectivity index (χ2v) is 2.70. The lowest BCUT2D eigenvalue weighted by atomic mass is 10.3. The maximum Gasteiger partial charge on any atom is 0.121 e. The van der Waals surface area contributed by atoms with Gasteiger partial charge >= 0.3 is 0 Å². The first-order chi connectivity index (χ1) is 3.31. The van der Waals surface area contributed by atoms with E-state index in [2.05, 4.69) is 15.9 Å². The lowest BCUT2D eigenvalue weighted by Crippen LogP contribution is -1.93. The first-order valence-electron chi connectivity index (χ1n) is 2.39. The van der Waals surface area contributed by atoms with E-state index in [0.29, 0.717) is 11.2 Å². The summed E-state index contributed by atoms with van der Waals surface area (Å²) in [5.41, 5.74) is 0. The van der Waals surface area contributed by atoms with Gasteiger partial charge in [0, 0.05) is 11.2 Å². The highest BCUT2D eigenvalue weighted by molar-refractivity contribution is 9.09. The molecule has 0 aliphatic carbocycles. The number of alkyl halides is 1. The first-order valence-corrected chi connectivity index (χ1v) is 3.30. The van der Waals surface area contributed by atoms with Crippen molar-refractivity contribution in [3.8, 4) is 0 Å². The second-order valence-electron chi connectivity index (χ2n) is 1.41. The van der Waals surface area contributed by atoms with Crippen LogP contribution in [-0.4, -0.2) is 11.1 Å². The molecule has 0 radical (unpaired) electrons. The van der Waals surface area contributed by atoms with Crippen LogP contribution in [0.25, 0.3) is 0 Å². The molecule has 0 spiro atoms. The Hall–Kier alpha value is 0.150. The van der Waals surface area contributed by atoms with Crippen molar-refractivity contribution >= 4 is 22.2 Å². The number of halogens is 1. The minimum absolute atomic E-state index is 0.394. The van der Waals surface area contributed by atoms with Gasteiger partial charge < -0.3 is 4.79 Å². The molecule has 0 aromatic rings. The van der Waals surface area contributed by atoms with Crippen molar-refractivity contribution in [2.75, 3.05) is 0 Å². The van der Waals surface area contributed by atoms with E-state index in [9.17, 15) is 4.79 Å². The van der Waals surface area contributed by atoms with Crippen LogP contribution in [0.15, 0.2) is 0 Å². The molecular formula is C5H9BrO. The van der Waals surface area contributed by atoms with E-state index in [1.165, 1.54) is 0 Å². The summed E-state index contributed by atoms with van der Waals surface area (Å²) < 4.78 is 0. The van der Waals surface area contributed by atoms with Gasteiger partial charge in [0.25, 0.3) is 0 Å². The molecule has 0 aliphatic rings. The van der Waals surface area contributed by atoms with Gasteiger partial charge in [-0.25, -0.2) is 0 Å². The van der Waals surface area contributed by atoms with Crippen LogP contribution in [0, 0.1) is 0 Å². The highest BCUT2D eigenvalue weighted by Gasteiger charge is 1.95. The normalized spacial score (nSPS) is 13.4. The maximum absolute atomic E-state index is 9.74. The SMILES string of the molecule is CCC(Br)CC=O. The van der Waals surface area contributed by atoms with Gasteiger partial charge in [0.05, 0.1) is 0 Å². The number of carbonyl (C=O) groups excluding carboxylic acids is 1. The van der Waals surface area contributed by atoms with Gasteiger partial charge in [0.15, 0.2) is 0 Å². The van der Waals surface area contributed by atoms with Gasteiger partial charge in [-0.2, -0.15) is 0 Å². The number of carbonyl (C=O) groups is 1. The van der Waals surface area contributed by atoms with Gasteiger partial charge in [-0.15, -0.1) is 0 Å². The highest BCUT2D eigenvalue weighted by Crippen LogP contribution is 2.05. The van der Waals surface area contributed by atoms with E-state index in [1.54, 1.807) is 0 Å². The fourth-order valence-electron chi connectivity index (χ4n) is 0.271. The van der Waals surface area contributed by atoms with Crippen molar-refractivity contribution in [1.82, 2.24) is 0 Å². The molecule has 0 aliphatic heterocycles. The third kappa shape index (κ3) is 3.99. The molecule has 0 N–H and O–H groups in total. The van der Waals surface area contributed by atoms with Crippen LogP contribution in [0.3, 0.4) is 0 Å². The summed E-state index contributed by atoms with van der Waals surface area (Å²) in [6, 6.07) is 0. The fraction of sp³-hybridized carbons (Fsp3) is 0.800. The Morgan fingerprint density at radius 3 is 2.57 bits per heavy atom. The summed E-state index contributed by atoms with van der Waals surface area (Å²) in [5.74, 6) is 0. The van der Waals surface area contributed by atoms with Crippen molar-refractivity contribution < 1.29 is 4.79 Å². The van der Waals surface area contributed by atoms with Crippen molar-refractivity contribution in [1.29, 1.82) is 0 Å². The van der Waals surface area contributed by atoms with Crippen LogP contribution < -0.4 is 0 Å². The van der Waals surface area contributed by atoms with Gasteiger partial charge in [-0.1, -0.05) is 22.9 Å². The minimum Gasteiger partial charge on any atom is -0.303 e. The van der Waals surface area contributed by atoms with E-state index in [4.69, 9.17) is 0 Å². The second kappa shape index (κ2) is 4.31. The van der Waals surface area contributed by atoms with Crippen LogP contribution >= 0.6 is 15.9 Å². The lowest BCUT2D eigenvalue weighted by Gasteiger charge is -1.95. The molecule has 0 heterocycles. The Kier molecular flexibility index (Phi) is 4.41. The number of hydrogen-bond donors (Lipinski definition) is 0. The van der Waals surface area contributed by atoms with Crippen molar-refractivity contribution in [3.05, 3.63) is 0 Å². The summed E-state index contributed by atoms with van der Waals surface area (Å²) in [4.78, 5) is 10.1. The van der Waals surface area contributed by atoms with Gasteiger partial charge in [-0.05, 0) is 6.42 Å². The zero-order valence-electron chi connectivity index (χ0n) is 4.36. The number of hydrogen-bond acceptors (Lipinski definition) is 1. The van der Waals surface area contributed by atoms with E-state index < -0.39 is 0 Å². The molecule has 1 nitrogen and oxygen atoms in total. The maximum atomic E-state index is 9.74. The van der Waals surface area contributed by atoms with E-state index in [1.807, 2.05) is 6.92 Å². The Balaban J connectivity index is 2.98. The topological polar surface area (TPSA) is 17.1 Å². The monoisotopic (exact) mass is 164 g/mol. The zero-order chi connectivity index (χ0) is 5.70. The predicted octanol–water partition coefficient (Wildman–Crippen LogP) is 1.75. The molecule has 0 amide bonds. The Morgan fingerprint density at radius 2 is 2.43 bits per heavy atom. The van der Waals surface area contributed by atoms with Gasteiger partial charge in [0.2, 0.25) is 0 Å². The van der Waals surface area contributed by atoms with Crippen LogP contribution in [0.1, 0.15) is 19.8 Å². The lowest BCUT2D eigenvalue weighted by molar-refractivity contribution is -0.107. The summed E-state index contributed by atoms with van der Waals surface area (Å²) in [5, 5.41) is 0. The standard InChI is InChI=1S/C5H9BrO/c1-2-5(6)3-4-7/h4-5H,2-3H2,1H3. The summed E-state index contributed by atoms with van der Waals surface area (Å²) in [6.07, 6.45) is 2.60. The van der Waals surface area contributed by atoms with Crippen LogP contribution in [0.2, 0.25) is 0 Å². The van der Waals surface area contributed by atoms with Gasteiger partial charge in [-0.3, -0.25) is 0 Å². The van der Waals surface area contributed by atoms with Crippen LogP contribution in [-0.2, 0) is 4.79 Å². The molecule has 0 aromatic carbocycles. The molecule has 0 saturated heterocycles. The summed E-state index contributed by atoms with van der Waals surface area (Å²) in [7, 11) is 0. The zero-order valence-corrected chi connectivity index (χ0v) is 5.94. The minimum atomic E-state index is 0.394. The molecule has 2 heteroatoms. The Morgan fingerprint density at radius 1 is 1.86 bits per heavy atom. The third-order valence-electron chi connectivity index (χ3n) is 0.795. The quantitative estimate of drug-likeness (QED) is 0.459. The molecule has 1 atom stereocenters. The van der Waals surface area contributed by atoms with Crippen LogP contribution in [0.5, 0.6) is 0 Å². The smallest absolute Gasteiger partial charge is 0.121 e. The average Bonchev–Trinajstić information content (AvgIpc) is 1.68. The molecule has 42 valence electrons. The molecule has 0 bridgehead atoms. The largest absolute Gasteiger partial charge is 0.303 e. The Bertz CT molecular complexity index is 54.0. The molecule has 0 rings (SSSR count). The molecule has 0 saturated carbocycles. The molecule has 0 fully saturated rings. The average molecular weight is 165 g/mol. The number of rotatable bonds is 3. The van der Waals surface area contributed by atoms with Crippen molar-refractivity contribution in [3.63, 3.8) is 0 Å². The molecule has 0 aromatic heterocycles. The number of aldehydes is 1. The fourth-order valence-corrected chi connectivity index (χ4v) is 0.424. The predicted molar refractivity (Wildman–Crippen MR) is 33.7 cm³/mol. The summed E-state index contributed by atoms with van der Waals surface area (Å²) in [6.45, 7) is 2.04. The van der Waals surface area contributed by atoms with Gasteiger partial charge in [0.1, 0.15) is 6.29 Å². The third-order valence-corrected chi connectivity index (χ3v) is 1.82. The first kappa shape index (κ1) is 7.15. The van der Waals surface area contributed by atoms with E-state index in [-0.39, 0.29) is 0 Å². The van der Waals surface area contributed by atoms with E-state index in [0.717, 1.165) is 12.7 Å². The van der Waals surface area contributed by atoms with Crippen LogP contribution in [0.4, 0.5) is 0 Å². The molecular weight excluding hydrogens is 156 g/mol. The highest BCUT2D eigenvalue weighted by atomic mass is 79.9.